The van der Waals surface area contributed by atoms with Gasteiger partial charge >= 0.3 is 5.97 Å². The molecule has 0 saturated heterocycles. The summed E-state index contributed by atoms with van der Waals surface area (Å²) >= 11 is 1.51. The van der Waals surface area contributed by atoms with Crippen molar-refractivity contribution in [3.63, 3.8) is 0 Å². The fraction of sp³-hybridized carbons (Fsp3) is 0.400. The first-order chi connectivity index (χ1) is 12.2. The highest BCUT2D eigenvalue weighted by Crippen LogP contribution is 2.31. The molecule has 1 amide bonds. The van der Waals surface area contributed by atoms with Gasteiger partial charge in [0.25, 0.3) is 5.91 Å². The van der Waals surface area contributed by atoms with Gasteiger partial charge in [-0.1, -0.05) is 30.3 Å². The van der Waals surface area contributed by atoms with Crippen LogP contribution in [0.15, 0.2) is 36.4 Å². The third-order valence-electron chi connectivity index (χ3n) is 4.69. The molecular weight excluding hydrogens is 334 g/mol. The molecule has 25 heavy (non-hydrogen) atoms. The van der Waals surface area contributed by atoms with E-state index in [1.165, 1.54) is 34.6 Å². The van der Waals surface area contributed by atoms with Crippen LogP contribution in [-0.4, -0.2) is 17.9 Å². The van der Waals surface area contributed by atoms with Gasteiger partial charge in [-0.25, -0.2) is 4.79 Å². The number of ether oxygens (including phenoxy) is 1. The third-order valence-corrected chi connectivity index (χ3v) is 5.90. The van der Waals surface area contributed by atoms with Crippen molar-refractivity contribution in [1.29, 1.82) is 0 Å². The van der Waals surface area contributed by atoms with Crippen molar-refractivity contribution in [2.45, 2.75) is 50.7 Å². The zero-order valence-corrected chi connectivity index (χ0v) is 14.8. The molecule has 4 nitrogen and oxygen atoms in total. The van der Waals surface area contributed by atoms with E-state index in [1.54, 1.807) is 0 Å². The Labute approximate surface area is 151 Å². The van der Waals surface area contributed by atoms with E-state index in [-0.39, 0.29) is 11.9 Å². The molecule has 130 valence electrons. The average Bonchev–Trinajstić information content (AvgIpc) is 3.34. The maximum atomic E-state index is 12.7. The Kier molecular flexibility index (Phi) is 4.57. The van der Waals surface area contributed by atoms with Crippen molar-refractivity contribution in [3.8, 4) is 0 Å². The second kappa shape index (κ2) is 7.00. The fourth-order valence-electron chi connectivity index (χ4n) is 3.16. The molecule has 0 bridgehead atoms. The summed E-state index contributed by atoms with van der Waals surface area (Å²) in [6, 6.07) is 11.4. The molecule has 2 aliphatic carbocycles. The number of fused-ring (bicyclic) bond motifs is 1. The number of rotatable bonds is 5. The van der Waals surface area contributed by atoms with E-state index in [1.807, 2.05) is 36.4 Å². The first kappa shape index (κ1) is 16.3. The number of nitrogens with one attached hydrogen (secondary N) is 1. The van der Waals surface area contributed by atoms with Crippen LogP contribution in [0.3, 0.4) is 0 Å². The summed E-state index contributed by atoms with van der Waals surface area (Å²) in [7, 11) is 0. The molecule has 1 aromatic heterocycles. The van der Waals surface area contributed by atoms with E-state index in [2.05, 4.69) is 5.32 Å². The van der Waals surface area contributed by atoms with Crippen LogP contribution in [0.5, 0.6) is 0 Å². The standard InChI is InChI=1S/C20H21NO3S/c22-19(21-15-10-11-15)18(13-6-2-1-3-7-13)24-20(23)17-12-14-8-4-5-9-16(14)25-17/h1-3,6-7,12,15,18H,4-5,8-11H2,(H,21,22). The number of hydrogen-bond acceptors (Lipinski definition) is 4. The number of thiophene rings is 1. The number of carbonyl (C=O) groups is 2. The van der Waals surface area contributed by atoms with Crippen molar-refractivity contribution in [1.82, 2.24) is 5.32 Å². The van der Waals surface area contributed by atoms with Gasteiger partial charge in [-0.3, -0.25) is 4.79 Å². The van der Waals surface area contributed by atoms with Crippen molar-refractivity contribution in [3.05, 3.63) is 57.3 Å². The molecule has 1 aromatic carbocycles. The Morgan fingerprint density at radius 3 is 2.60 bits per heavy atom. The van der Waals surface area contributed by atoms with Crippen LogP contribution in [0.25, 0.3) is 0 Å². The van der Waals surface area contributed by atoms with Crippen molar-refractivity contribution in [2.24, 2.45) is 0 Å². The Morgan fingerprint density at radius 1 is 1.12 bits per heavy atom. The summed E-state index contributed by atoms with van der Waals surface area (Å²) in [6.07, 6.45) is 5.53. The number of carbonyl (C=O) groups excluding carboxylic acids is 2. The summed E-state index contributed by atoms with van der Waals surface area (Å²) in [5.74, 6) is -0.637. The Balaban J connectivity index is 1.53. The van der Waals surface area contributed by atoms with Crippen LogP contribution in [0.4, 0.5) is 0 Å². The maximum absolute atomic E-state index is 12.7. The summed E-state index contributed by atoms with van der Waals surface area (Å²) in [5, 5.41) is 2.95. The lowest BCUT2D eigenvalue weighted by Gasteiger charge is -2.17. The van der Waals surface area contributed by atoms with Crippen molar-refractivity contribution in [2.75, 3.05) is 0 Å². The van der Waals surface area contributed by atoms with E-state index in [9.17, 15) is 9.59 Å². The average molecular weight is 355 g/mol. The van der Waals surface area contributed by atoms with Crippen LogP contribution in [0, 0.1) is 0 Å². The zero-order chi connectivity index (χ0) is 17.2. The van der Waals surface area contributed by atoms with Gasteiger partial charge in [0.15, 0.2) is 0 Å². The zero-order valence-electron chi connectivity index (χ0n) is 14.0. The Hall–Kier alpha value is -2.14. The van der Waals surface area contributed by atoms with Crippen LogP contribution in [0.1, 0.15) is 57.5 Å². The number of hydrogen-bond donors (Lipinski definition) is 1. The van der Waals surface area contributed by atoms with Gasteiger partial charge in [-0.05, 0) is 50.2 Å². The van der Waals surface area contributed by atoms with Gasteiger partial charge < -0.3 is 10.1 Å². The predicted molar refractivity (Wildman–Crippen MR) is 96.7 cm³/mol. The lowest BCUT2D eigenvalue weighted by atomic mass is 9.99. The minimum absolute atomic E-state index is 0.228. The van der Waals surface area contributed by atoms with E-state index in [4.69, 9.17) is 4.74 Å². The first-order valence-corrected chi connectivity index (χ1v) is 9.70. The minimum atomic E-state index is -0.895. The second-order valence-corrected chi connectivity index (χ2v) is 7.88. The SMILES string of the molecule is O=C(OC(C(=O)NC1CC1)c1ccccc1)c1cc2c(s1)CCCC2. The number of benzene rings is 1. The van der Waals surface area contributed by atoms with E-state index < -0.39 is 12.1 Å². The van der Waals surface area contributed by atoms with Gasteiger partial charge in [-0.15, -0.1) is 11.3 Å². The maximum Gasteiger partial charge on any atom is 0.349 e. The molecule has 2 aromatic rings. The molecule has 0 spiro atoms. The third kappa shape index (κ3) is 3.76. The predicted octanol–water partition coefficient (Wildman–Crippen LogP) is 3.80. The Morgan fingerprint density at radius 2 is 1.88 bits per heavy atom. The van der Waals surface area contributed by atoms with Gasteiger partial charge in [0.2, 0.25) is 6.10 Å². The summed E-state index contributed by atoms with van der Waals surface area (Å²) in [4.78, 5) is 27.1. The number of esters is 1. The molecule has 1 N–H and O–H groups in total. The smallest absolute Gasteiger partial charge is 0.349 e. The second-order valence-electron chi connectivity index (χ2n) is 6.75. The molecule has 1 fully saturated rings. The summed E-state index contributed by atoms with van der Waals surface area (Å²) in [6.45, 7) is 0. The van der Waals surface area contributed by atoms with Gasteiger partial charge in [0.1, 0.15) is 4.88 Å². The van der Waals surface area contributed by atoms with Crippen molar-refractivity contribution < 1.29 is 14.3 Å². The first-order valence-electron chi connectivity index (χ1n) is 8.88. The van der Waals surface area contributed by atoms with Gasteiger partial charge in [0, 0.05) is 16.5 Å². The van der Waals surface area contributed by atoms with Crippen LogP contribution in [-0.2, 0) is 22.4 Å². The molecule has 0 radical (unpaired) electrons. The lowest BCUT2D eigenvalue weighted by Crippen LogP contribution is -2.33. The Bertz CT molecular complexity index is 756. The molecule has 1 heterocycles. The van der Waals surface area contributed by atoms with Crippen LogP contribution >= 0.6 is 11.3 Å². The molecule has 5 heteroatoms. The van der Waals surface area contributed by atoms with E-state index in [0.717, 1.165) is 25.7 Å². The summed E-state index contributed by atoms with van der Waals surface area (Å²) in [5.41, 5.74) is 1.97. The normalized spacial score (nSPS) is 17.4. The van der Waals surface area contributed by atoms with Gasteiger partial charge in [0.05, 0.1) is 0 Å². The molecule has 2 aliphatic rings. The van der Waals surface area contributed by atoms with Crippen molar-refractivity contribution >= 4 is 23.2 Å². The fourth-order valence-corrected chi connectivity index (χ4v) is 4.30. The topological polar surface area (TPSA) is 55.4 Å². The summed E-state index contributed by atoms with van der Waals surface area (Å²) < 4.78 is 5.65. The minimum Gasteiger partial charge on any atom is -0.443 e. The highest BCUT2D eigenvalue weighted by Gasteiger charge is 2.31. The highest BCUT2D eigenvalue weighted by atomic mass is 32.1. The van der Waals surface area contributed by atoms with Crippen LogP contribution < -0.4 is 5.32 Å². The quantitative estimate of drug-likeness (QED) is 0.830. The molecule has 4 rings (SSSR count). The van der Waals surface area contributed by atoms with E-state index >= 15 is 0 Å². The lowest BCUT2D eigenvalue weighted by molar-refractivity contribution is -0.130. The molecular formula is C20H21NO3S. The number of aryl methyl sites for hydroxylation is 2. The molecule has 0 aliphatic heterocycles. The molecule has 1 atom stereocenters. The van der Waals surface area contributed by atoms with E-state index in [0.29, 0.717) is 10.4 Å². The molecule has 1 saturated carbocycles. The van der Waals surface area contributed by atoms with Crippen LogP contribution in [0.2, 0.25) is 0 Å². The largest absolute Gasteiger partial charge is 0.443 e. The van der Waals surface area contributed by atoms with Gasteiger partial charge in [-0.2, -0.15) is 0 Å². The monoisotopic (exact) mass is 355 g/mol. The number of amides is 1. The highest BCUT2D eigenvalue weighted by molar-refractivity contribution is 7.14. The molecule has 1 unspecified atom stereocenters.